The van der Waals surface area contributed by atoms with Gasteiger partial charge in [0, 0.05) is 22.9 Å². The van der Waals surface area contributed by atoms with Crippen LogP contribution in [0.15, 0.2) is 152 Å². The lowest BCUT2D eigenvalue weighted by Crippen LogP contribution is -2.03. The van der Waals surface area contributed by atoms with Gasteiger partial charge in [-0.2, -0.15) is 0 Å². The second kappa shape index (κ2) is 10.00. The standard InChI is InChI=1S/C42H28N2/c1-2-9-32-26-33(22-15-27(32)8-1)40-36-13-5-3-11-34(36)39(35-12-4-6-14-37(35)40)29-18-16-28(17-19-29)38-24-23-31-21-20-30-10-7-25-43-41(30)42(31)44-38/h1-18,20-26,29H,19H2. The molecule has 1 atom stereocenters. The molecule has 2 aromatic heterocycles. The first-order valence-electron chi connectivity index (χ1n) is 15.3. The number of hydrogen-bond donors (Lipinski definition) is 0. The fourth-order valence-corrected chi connectivity index (χ4v) is 7.13. The molecule has 0 saturated carbocycles. The van der Waals surface area contributed by atoms with Gasteiger partial charge in [-0.1, -0.05) is 127 Å². The van der Waals surface area contributed by atoms with Gasteiger partial charge in [-0.25, -0.2) is 4.98 Å². The quantitative estimate of drug-likeness (QED) is 0.159. The molecule has 2 heterocycles. The minimum Gasteiger partial charge on any atom is -0.254 e. The van der Waals surface area contributed by atoms with Crippen LogP contribution < -0.4 is 0 Å². The first-order chi connectivity index (χ1) is 21.8. The van der Waals surface area contributed by atoms with Crippen molar-refractivity contribution in [2.45, 2.75) is 12.3 Å². The molecule has 206 valence electrons. The lowest BCUT2D eigenvalue weighted by Gasteiger charge is -2.23. The van der Waals surface area contributed by atoms with Gasteiger partial charge in [-0.15, -0.1) is 0 Å². The first kappa shape index (κ1) is 24.9. The summed E-state index contributed by atoms with van der Waals surface area (Å²) in [6.07, 6.45) is 9.77. The van der Waals surface area contributed by atoms with E-state index in [1.165, 1.54) is 49.0 Å². The van der Waals surface area contributed by atoms with E-state index >= 15 is 0 Å². The maximum absolute atomic E-state index is 5.11. The van der Waals surface area contributed by atoms with Crippen LogP contribution in [-0.4, -0.2) is 9.97 Å². The molecule has 8 aromatic rings. The minimum absolute atomic E-state index is 0.266. The Morgan fingerprint density at radius 1 is 0.545 bits per heavy atom. The van der Waals surface area contributed by atoms with Gasteiger partial charge in [0.25, 0.3) is 0 Å². The molecule has 2 heteroatoms. The van der Waals surface area contributed by atoms with Crippen molar-refractivity contribution in [2.24, 2.45) is 0 Å². The topological polar surface area (TPSA) is 25.8 Å². The highest BCUT2D eigenvalue weighted by atomic mass is 14.8. The largest absolute Gasteiger partial charge is 0.254 e. The highest BCUT2D eigenvalue weighted by molar-refractivity contribution is 6.16. The highest BCUT2D eigenvalue weighted by Crippen LogP contribution is 2.44. The molecule has 0 N–H and O–H groups in total. The zero-order valence-electron chi connectivity index (χ0n) is 24.1. The maximum atomic E-state index is 5.11. The molecule has 1 aliphatic carbocycles. The fraction of sp³-hybridized carbons (Fsp3) is 0.0476. The van der Waals surface area contributed by atoms with Crippen molar-refractivity contribution in [1.82, 2.24) is 9.97 Å². The van der Waals surface area contributed by atoms with Crippen molar-refractivity contribution < 1.29 is 0 Å². The van der Waals surface area contributed by atoms with E-state index in [-0.39, 0.29) is 5.92 Å². The smallest absolute Gasteiger partial charge is 0.0972 e. The monoisotopic (exact) mass is 560 g/mol. The lowest BCUT2D eigenvalue weighted by molar-refractivity contribution is 0.872. The Morgan fingerprint density at radius 3 is 1.93 bits per heavy atom. The Kier molecular flexibility index (Phi) is 5.67. The number of hydrogen-bond acceptors (Lipinski definition) is 2. The minimum atomic E-state index is 0.266. The summed E-state index contributed by atoms with van der Waals surface area (Å²) in [5, 5.41) is 10.0. The molecule has 9 rings (SSSR count). The average Bonchev–Trinajstić information content (AvgIpc) is 3.10. The van der Waals surface area contributed by atoms with E-state index in [4.69, 9.17) is 4.98 Å². The molecule has 0 amide bonds. The van der Waals surface area contributed by atoms with Crippen molar-refractivity contribution >= 4 is 59.7 Å². The normalized spacial score (nSPS) is 15.0. The summed E-state index contributed by atoms with van der Waals surface area (Å²) >= 11 is 0. The summed E-state index contributed by atoms with van der Waals surface area (Å²) in [5.74, 6) is 0.266. The van der Waals surface area contributed by atoms with E-state index in [2.05, 4.69) is 145 Å². The van der Waals surface area contributed by atoms with Crippen LogP contribution in [-0.2, 0) is 0 Å². The van der Waals surface area contributed by atoms with Gasteiger partial charge in [0.2, 0.25) is 0 Å². The highest BCUT2D eigenvalue weighted by Gasteiger charge is 2.21. The SMILES string of the molecule is C1=CC(c2c3ccccc3c(-c3ccc4ccccc4c3)c3ccccc23)CC=C1c1ccc2ccc3cccnc3c2n1. The van der Waals surface area contributed by atoms with E-state index in [0.717, 1.165) is 39.5 Å². The number of nitrogens with zero attached hydrogens (tertiary/aromatic N) is 2. The van der Waals surface area contributed by atoms with Crippen LogP contribution in [0.4, 0.5) is 0 Å². The predicted octanol–water partition coefficient (Wildman–Crippen LogP) is 11.0. The van der Waals surface area contributed by atoms with Crippen LogP contribution in [0, 0.1) is 0 Å². The van der Waals surface area contributed by atoms with E-state index in [0.29, 0.717) is 0 Å². The van der Waals surface area contributed by atoms with Gasteiger partial charge in [0.1, 0.15) is 0 Å². The second-order valence-electron chi connectivity index (χ2n) is 11.7. The van der Waals surface area contributed by atoms with Crippen molar-refractivity contribution in [1.29, 1.82) is 0 Å². The number of fused-ring (bicyclic) bond motifs is 6. The van der Waals surface area contributed by atoms with Gasteiger partial charge in [-0.05, 0) is 79.2 Å². The van der Waals surface area contributed by atoms with E-state index in [9.17, 15) is 0 Å². The zero-order valence-corrected chi connectivity index (χ0v) is 24.1. The molecule has 2 nitrogen and oxygen atoms in total. The Balaban J connectivity index is 1.17. The van der Waals surface area contributed by atoms with Gasteiger partial charge in [0.15, 0.2) is 0 Å². The van der Waals surface area contributed by atoms with Crippen LogP contribution in [0.25, 0.3) is 70.8 Å². The van der Waals surface area contributed by atoms with E-state index < -0.39 is 0 Å². The number of allylic oxidation sites excluding steroid dienone is 4. The average molecular weight is 561 g/mol. The van der Waals surface area contributed by atoms with Crippen molar-refractivity contribution in [3.05, 3.63) is 163 Å². The number of rotatable bonds is 3. The molecular formula is C42H28N2. The number of pyridine rings is 2. The molecule has 0 spiro atoms. The molecule has 0 radical (unpaired) electrons. The number of benzene rings is 6. The number of aromatic nitrogens is 2. The third-order valence-electron chi connectivity index (χ3n) is 9.21. The summed E-state index contributed by atoms with van der Waals surface area (Å²) < 4.78 is 0. The van der Waals surface area contributed by atoms with Crippen LogP contribution in [0.2, 0.25) is 0 Å². The molecule has 1 unspecified atom stereocenters. The second-order valence-corrected chi connectivity index (χ2v) is 11.7. The molecular weight excluding hydrogens is 532 g/mol. The van der Waals surface area contributed by atoms with Crippen LogP contribution in [0.3, 0.4) is 0 Å². The van der Waals surface area contributed by atoms with Crippen LogP contribution in [0.5, 0.6) is 0 Å². The Labute approximate surface area is 255 Å². The summed E-state index contributed by atoms with van der Waals surface area (Å²) in [6.45, 7) is 0. The Hall–Kier alpha value is -5.60. The molecule has 0 saturated heterocycles. The van der Waals surface area contributed by atoms with Crippen LogP contribution >= 0.6 is 0 Å². The summed E-state index contributed by atoms with van der Waals surface area (Å²) in [6, 6.07) is 46.0. The lowest BCUT2D eigenvalue weighted by atomic mass is 9.80. The molecule has 0 aliphatic heterocycles. The first-order valence-corrected chi connectivity index (χ1v) is 15.3. The van der Waals surface area contributed by atoms with Crippen molar-refractivity contribution in [3.63, 3.8) is 0 Å². The van der Waals surface area contributed by atoms with E-state index in [1.807, 2.05) is 12.3 Å². The summed E-state index contributed by atoms with van der Waals surface area (Å²) in [4.78, 5) is 9.76. The Bertz CT molecular complexity index is 2430. The third-order valence-corrected chi connectivity index (χ3v) is 9.21. The summed E-state index contributed by atoms with van der Waals surface area (Å²) in [7, 11) is 0. The van der Waals surface area contributed by atoms with Crippen molar-refractivity contribution in [3.8, 4) is 11.1 Å². The molecule has 6 aromatic carbocycles. The van der Waals surface area contributed by atoms with Gasteiger partial charge in [-0.3, -0.25) is 4.98 Å². The Morgan fingerprint density at radius 2 is 1.18 bits per heavy atom. The molecule has 0 fully saturated rings. The van der Waals surface area contributed by atoms with Crippen molar-refractivity contribution in [2.75, 3.05) is 0 Å². The van der Waals surface area contributed by atoms with Gasteiger partial charge >= 0.3 is 0 Å². The van der Waals surface area contributed by atoms with E-state index in [1.54, 1.807) is 0 Å². The third kappa shape index (κ3) is 3.95. The predicted molar refractivity (Wildman–Crippen MR) is 186 cm³/mol. The van der Waals surface area contributed by atoms with Gasteiger partial charge in [0.05, 0.1) is 16.7 Å². The van der Waals surface area contributed by atoms with Gasteiger partial charge < -0.3 is 0 Å². The fourth-order valence-electron chi connectivity index (χ4n) is 7.13. The van der Waals surface area contributed by atoms with Crippen LogP contribution in [0.1, 0.15) is 23.6 Å². The molecule has 1 aliphatic rings. The zero-order chi connectivity index (χ0) is 29.0. The maximum Gasteiger partial charge on any atom is 0.0972 e. The summed E-state index contributed by atoms with van der Waals surface area (Å²) in [5.41, 5.74) is 8.03. The molecule has 0 bridgehead atoms. The molecule has 44 heavy (non-hydrogen) atoms.